The molecule has 0 radical (unpaired) electrons. The van der Waals surface area contributed by atoms with Crippen molar-refractivity contribution in [2.75, 3.05) is 12.0 Å². The molecule has 1 N–H and O–H groups in total. The Hall–Kier alpha value is -3.91. The number of ether oxygens (including phenoxy) is 2. The van der Waals surface area contributed by atoms with Gasteiger partial charge in [0.05, 0.1) is 12.8 Å². The number of aryl methyl sites for hydroxylation is 1. The minimum atomic E-state index is -0.794. The monoisotopic (exact) mass is 520 g/mol. The van der Waals surface area contributed by atoms with E-state index in [1.807, 2.05) is 37.3 Å². The first-order valence-electron chi connectivity index (χ1n) is 10.4. The summed E-state index contributed by atoms with van der Waals surface area (Å²) in [5.74, 6) is -0.513. The molecule has 0 aromatic heterocycles. The average Bonchev–Trinajstić information content (AvgIpc) is 2.81. The Kier molecular flexibility index (Phi) is 6.79. The molecule has 0 atom stereocenters. The topological polar surface area (TPSA) is 84.9 Å². The number of imide groups is 2. The molecule has 3 aromatic rings. The minimum Gasteiger partial charge on any atom is -0.497 e. The fraction of sp³-hybridized carbons (Fsp3) is 0.115. The van der Waals surface area contributed by atoms with E-state index in [1.54, 1.807) is 36.4 Å². The van der Waals surface area contributed by atoms with E-state index in [1.165, 1.54) is 13.2 Å². The molecule has 172 valence electrons. The van der Waals surface area contributed by atoms with E-state index >= 15 is 0 Å². The second-order valence-corrected chi connectivity index (χ2v) is 8.44. The van der Waals surface area contributed by atoms with Crippen molar-refractivity contribution in [3.05, 3.63) is 93.5 Å². The number of amides is 4. The molecule has 1 saturated heterocycles. The molecule has 0 bridgehead atoms. The first kappa shape index (κ1) is 23.3. The van der Waals surface area contributed by atoms with Crippen LogP contribution in [0.25, 0.3) is 6.08 Å². The lowest BCUT2D eigenvalue weighted by atomic mass is 10.1. The van der Waals surface area contributed by atoms with Gasteiger partial charge in [-0.25, -0.2) is 9.69 Å². The number of nitrogens with zero attached hydrogens (tertiary/aromatic N) is 1. The van der Waals surface area contributed by atoms with E-state index in [-0.39, 0.29) is 12.2 Å². The van der Waals surface area contributed by atoms with Crippen LogP contribution in [-0.4, -0.2) is 25.0 Å². The second-order valence-electron chi connectivity index (χ2n) is 7.58. The fourth-order valence-electron chi connectivity index (χ4n) is 3.47. The van der Waals surface area contributed by atoms with Gasteiger partial charge in [-0.1, -0.05) is 46.3 Å². The smallest absolute Gasteiger partial charge is 0.335 e. The number of nitrogens with one attached hydrogen (secondary N) is 1. The summed E-state index contributed by atoms with van der Waals surface area (Å²) >= 11 is 3.50. The van der Waals surface area contributed by atoms with Gasteiger partial charge in [0.25, 0.3) is 11.8 Å². The quantitative estimate of drug-likeness (QED) is 0.364. The minimum absolute atomic E-state index is 0.183. The summed E-state index contributed by atoms with van der Waals surface area (Å²) in [6.07, 6.45) is 1.42. The maximum atomic E-state index is 13.2. The number of urea groups is 1. The molecule has 0 unspecified atom stereocenters. The SMILES string of the molecule is COc1ccc(/C=C2\C(=O)NC(=O)N(c3cccc(C)c3)C2=O)c(OCc2ccccc2Br)c1. The van der Waals surface area contributed by atoms with Gasteiger partial charge in [-0.3, -0.25) is 14.9 Å². The van der Waals surface area contributed by atoms with Gasteiger partial charge >= 0.3 is 6.03 Å². The van der Waals surface area contributed by atoms with E-state index in [4.69, 9.17) is 9.47 Å². The normalized spacial score (nSPS) is 14.9. The van der Waals surface area contributed by atoms with Crippen molar-refractivity contribution in [2.24, 2.45) is 0 Å². The number of rotatable bonds is 6. The maximum absolute atomic E-state index is 13.2. The van der Waals surface area contributed by atoms with Gasteiger partial charge in [0, 0.05) is 21.7 Å². The second kappa shape index (κ2) is 9.93. The highest BCUT2D eigenvalue weighted by molar-refractivity contribution is 9.10. The van der Waals surface area contributed by atoms with Crippen molar-refractivity contribution in [1.29, 1.82) is 0 Å². The molecule has 4 rings (SSSR count). The van der Waals surface area contributed by atoms with E-state index < -0.39 is 17.8 Å². The number of carbonyl (C=O) groups is 3. The van der Waals surface area contributed by atoms with E-state index in [2.05, 4.69) is 21.2 Å². The van der Waals surface area contributed by atoms with Crippen molar-refractivity contribution < 1.29 is 23.9 Å². The summed E-state index contributed by atoms with van der Waals surface area (Å²) in [5.41, 5.74) is 2.48. The number of carbonyl (C=O) groups excluding carboxylic acids is 3. The van der Waals surface area contributed by atoms with Crippen LogP contribution in [0.1, 0.15) is 16.7 Å². The van der Waals surface area contributed by atoms with Crippen molar-refractivity contribution in [2.45, 2.75) is 13.5 Å². The van der Waals surface area contributed by atoms with Crippen LogP contribution in [-0.2, 0) is 16.2 Å². The van der Waals surface area contributed by atoms with Crippen LogP contribution in [0.2, 0.25) is 0 Å². The van der Waals surface area contributed by atoms with Crippen LogP contribution in [0, 0.1) is 6.92 Å². The third kappa shape index (κ3) is 4.87. The van der Waals surface area contributed by atoms with Crippen molar-refractivity contribution >= 4 is 45.5 Å². The van der Waals surface area contributed by atoms with Crippen molar-refractivity contribution in [3.8, 4) is 11.5 Å². The predicted molar refractivity (Wildman–Crippen MR) is 132 cm³/mol. The molecule has 4 amide bonds. The zero-order chi connectivity index (χ0) is 24.2. The third-order valence-electron chi connectivity index (χ3n) is 5.22. The van der Waals surface area contributed by atoms with E-state index in [0.29, 0.717) is 22.7 Å². The van der Waals surface area contributed by atoms with Gasteiger partial charge in [0.15, 0.2) is 0 Å². The molecule has 1 heterocycles. The van der Waals surface area contributed by atoms with Gasteiger partial charge in [0.2, 0.25) is 0 Å². The highest BCUT2D eigenvalue weighted by Crippen LogP contribution is 2.30. The van der Waals surface area contributed by atoms with Crippen molar-refractivity contribution in [3.63, 3.8) is 0 Å². The summed E-state index contributed by atoms with van der Waals surface area (Å²) in [5, 5.41) is 2.24. The Bertz CT molecular complexity index is 1320. The number of anilines is 1. The Labute approximate surface area is 205 Å². The van der Waals surface area contributed by atoms with Gasteiger partial charge < -0.3 is 9.47 Å². The molecule has 3 aromatic carbocycles. The lowest BCUT2D eigenvalue weighted by molar-refractivity contribution is -0.122. The zero-order valence-corrected chi connectivity index (χ0v) is 20.1. The van der Waals surface area contributed by atoms with Gasteiger partial charge in [-0.2, -0.15) is 0 Å². The van der Waals surface area contributed by atoms with Gasteiger partial charge in [-0.15, -0.1) is 0 Å². The lowest BCUT2D eigenvalue weighted by Crippen LogP contribution is -2.54. The van der Waals surface area contributed by atoms with Crippen LogP contribution < -0.4 is 19.7 Å². The van der Waals surface area contributed by atoms with E-state index in [0.717, 1.165) is 20.5 Å². The Morgan fingerprint density at radius 3 is 2.53 bits per heavy atom. The summed E-state index contributed by atoms with van der Waals surface area (Å²) in [7, 11) is 1.54. The molecule has 1 aliphatic heterocycles. The number of hydrogen-bond acceptors (Lipinski definition) is 5. The van der Waals surface area contributed by atoms with Gasteiger partial charge in [0.1, 0.15) is 23.7 Å². The maximum Gasteiger partial charge on any atom is 0.335 e. The number of benzene rings is 3. The molecular formula is C26H21BrN2O5. The summed E-state index contributed by atoms with van der Waals surface area (Å²) in [6.45, 7) is 2.10. The van der Waals surface area contributed by atoms with Gasteiger partial charge in [-0.05, 0) is 48.9 Å². The van der Waals surface area contributed by atoms with Crippen LogP contribution in [0.15, 0.2) is 76.8 Å². The number of methoxy groups -OCH3 is 1. The largest absolute Gasteiger partial charge is 0.497 e. The zero-order valence-electron chi connectivity index (χ0n) is 18.5. The number of barbiturate groups is 1. The highest BCUT2D eigenvalue weighted by atomic mass is 79.9. The van der Waals surface area contributed by atoms with Crippen molar-refractivity contribution in [1.82, 2.24) is 5.32 Å². The molecule has 1 fully saturated rings. The lowest BCUT2D eigenvalue weighted by Gasteiger charge is -2.26. The molecule has 0 spiro atoms. The standard InChI is InChI=1S/C26H21BrN2O5/c1-16-6-5-8-19(12-16)29-25(31)21(24(30)28-26(29)32)13-17-10-11-20(33-2)14-23(17)34-15-18-7-3-4-9-22(18)27/h3-14H,15H2,1-2H3,(H,28,30,32)/b21-13+. The number of halogens is 1. The fourth-order valence-corrected chi connectivity index (χ4v) is 3.87. The van der Waals surface area contributed by atoms with Crippen LogP contribution >= 0.6 is 15.9 Å². The molecule has 1 aliphatic rings. The van der Waals surface area contributed by atoms with Crippen LogP contribution in [0.4, 0.5) is 10.5 Å². The Balaban J connectivity index is 1.70. The van der Waals surface area contributed by atoms with Crippen LogP contribution in [0.5, 0.6) is 11.5 Å². The summed E-state index contributed by atoms with van der Waals surface area (Å²) in [6, 6.07) is 18.8. The van der Waals surface area contributed by atoms with E-state index in [9.17, 15) is 14.4 Å². The highest BCUT2D eigenvalue weighted by Gasteiger charge is 2.37. The molecule has 8 heteroatoms. The Morgan fingerprint density at radius 2 is 1.79 bits per heavy atom. The Morgan fingerprint density at radius 1 is 1.00 bits per heavy atom. The average molecular weight is 521 g/mol. The summed E-state index contributed by atoms with van der Waals surface area (Å²) in [4.78, 5) is 39.2. The molecule has 0 saturated carbocycles. The first-order valence-corrected chi connectivity index (χ1v) is 11.2. The number of hydrogen-bond donors (Lipinski definition) is 1. The molecule has 0 aliphatic carbocycles. The molecule has 7 nitrogen and oxygen atoms in total. The molecular weight excluding hydrogens is 500 g/mol. The first-order chi connectivity index (χ1) is 16.4. The van der Waals surface area contributed by atoms with Crippen LogP contribution in [0.3, 0.4) is 0 Å². The summed E-state index contributed by atoms with van der Waals surface area (Å²) < 4.78 is 12.2. The molecule has 34 heavy (non-hydrogen) atoms. The third-order valence-corrected chi connectivity index (χ3v) is 6.00. The predicted octanol–water partition coefficient (Wildman–Crippen LogP) is 5.01.